The molecule has 0 radical (unpaired) electrons. The van der Waals surface area contributed by atoms with Crippen LogP contribution in [0.25, 0.3) is 0 Å². The van der Waals surface area contributed by atoms with Crippen molar-refractivity contribution in [3.8, 4) is 5.75 Å². The average molecular weight is 531 g/mol. The highest BCUT2D eigenvalue weighted by Gasteiger charge is 2.11. The van der Waals surface area contributed by atoms with Gasteiger partial charge in [-0.2, -0.15) is 0 Å². The average Bonchev–Trinajstić information content (AvgIpc) is 2.61. The first kappa shape index (κ1) is 25.2. The molecule has 0 aromatic heterocycles. The highest BCUT2D eigenvalue weighted by molar-refractivity contribution is 14.0. The summed E-state index contributed by atoms with van der Waals surface area (Å²) in [7, 11) is -1.49. The molecule has 0 bridgehead atoms. The molecule has 2 aromatic carbocycles. The van der Waals surface area contributed by atoms with Gasteiger partial charge in [0.05, 0.1) is 11.0 Å². The number of ether oxygens (including phenoxy) is 1. The van der Waals surface area contributed by atoms with Gasteiger partial charge >= 0.3 is 0 Å². The smallest absolute Gasteiger partial charge is 0.191 e. The fourth-order valence-electron chi connectivity index (χ4n) is 2.79. The summed E-state index contributed by atoms with van der Waals surface area (Å²) in [6, 6.07) is 13.3. The number of nitrogens with one attached hydrogen (secondary N) is 2. The van der Waals surface area contributed by atoms with Gasteiger partial charge in [0, 0.05) is 26.4 Å². The molecule has 2 N–H and O–H groups in total. The van der Waals surface area contributed by atoms with Crippen LogP contribution in [0.5, 0.6) is 5.75 Å². The molecule has 0 spiro atoms. The molecular weight excluding hydrogens is 501 g/mol. The van der Waals surface area contributed by atoms with E-state index in [0.29, 0.717) is 23.9 Å². The van der Waals surface area contributed by atoms with Crippen molar-refractivity contribution in [3.05, 3.63) is 59.2 Å². The summed E-state index contributed by atoms with van der Waals surface area (Å²) in [6.45, 7) is 6.99. The first-order chi connectivity index (χ1) is 13.2. The Morgan fingerprint density at radius 3 is 2.07 bits per heavy atom. The lowest BCUT2D eigenvalue weighted by Crippen LogP contribution is -2.36. The van der Waals surface area contributed by atoms with Crippen molar-refractivity contribution < 1.29 is 13.2 Å². The Bertz CT molecular complexity index is 927. The summed E-state index contributed by atoms with van der Waals surface area (Å²) in [5, 5.41) is 6.51. The number of aliphatic imine (C=N–C) groups is 1. The second-order valence-electron chi connectivity index (χ2n) is 6.96. The fraction of sp³-hybridized carbons (Fsp3) is 0.381. The molecule has 0 unspecified atom stereocenters. The van der Waals surface area contributed by atoms with Gasteiger partial charge in [0.25, 0.3) is 0 Å². The molecule has 0 aliphatic heterocycles. The maximum Gasteiger partial charge on any atom is 0.191 e. The predicted octanol–water partition coefficient (Wildman–Crippen LogP) is 3.67. The molecule has 2 aromatic rings. The van der Waals surface area contributed by atoms with Crippen molar-refractivity contribution >= 4 is 39.8 Å². The Labute approximate surface area is 191 Å². The van der Waals surface area contributed by atoms with E-state index < -0.39 is 9.84 Å². The van der Waals surface area contributed by atoms with E-state index in [9.17, 15) is 8.42 Å². The number of sulfone groups is 1. The summed E-state index contributed by atoms with van der Waals surface area (Å²) in [4.78, 5) is 4.59. The number of rotatable bonds is 7. The summed E-state index contributed by atoms with van der Waals surface area (Å²) in [5.41, 5.74) is 2.85. The van der Waals surface area contributed by atoms with Crippen molar-refractivity contribution in [2.24, 2.45) is 4.99 Å². The molecule has 0 heterocycles. The van der Waals surface area contributed by atoms with Crippen LogP contribution in [0, 0.1) is 6.92 Å². The number of halogens is 1. The molecule has 0 atom stereocenters. The monoisotopic (exact) mass is 531 g/mol. The maximum atomic E-state index is 11.7. The van der Waals surface area contributed by atoms with Gasteiger partial charge in [-0.15, -0.1) is 24.0 Å². The zero-order valence-electron chi connectivity index (χ0n) is 17.5. The Morgan fingerprint density at radius 1 is 1.03 bits per heavy atom. The zero-order valence-corrected chi connectivity index (χ0v) is 20.7. The van der Waals surface area contributed by atoms with E-state index in [2.05, 4.69) is 15.6 Å². The van der Waals surface area contributed by atoms with Crippen LogP contribution in [-0.2, 0) is 22.9 Å². The molecule has 8 heteroatoms. The molecule has 0 aliphatic carbocycles. The SMILES string of the molecule is CN=C(NCc1ccc(OC(C)C)cc1)NCc1ccc(S(C)(=O)=O)c(C)c1.I. The lowest BCUT2D eigenvalue weighted by molar-refractivity contribution is 0.242. The van der Waals surface area contributed by atoms with E-state index in [0.717, 1.165) is 22.4 Å². The summed E-state index contributed by atoms with van der Waals surface area (Å²) < 4.78 is 29.1. The van der Waals surface area contributed by atoms with Gasteiger partial charge in [0.2, 0.25) is 0 Å². The molecule has 0 fully saturated rings. The van der Waals surface area contributed by atoms with Crippen molar-refractivity contribution in [2.45, 2.75) is 44.9 Å². The fourth-order valence-corrected chi connectivity index (χ4v) is 3.75. The van der Waals surface area contributed by atoms with Crippen molar-refractivity contribution in [1.82, 2.24) is 10.6 Å². The molecule has 0 amide bonds. The molecule has 2 rings (SSSR count). The van der Waals surface area contributed by atoms with E-state index in [1.165, 1.54) is 6.26 Å². The first-order valence-electron chi connectivity index (χ1n) is 9.18. The number of guanidine groups is 1. The molecule has 0 saturated heterocycles. The number of hydrogen-bond donors (Lipinski definition) is 2. The molecule has 29 heavy (non-hydrogen) atoms. The number of hydrogen-bond acceptors (Lipinski definition) is 4. The van der Waals surface area contributed by atoms with Crippen LogP contribution in [0.3, 0.4) is 0 Å². The van der Waals surface area contributed by atoms with E-state index in [4.69, 9.17) is 4.74 Å². The quantitative estimate of drug-likeness (QED) is 0.324. The molecule has 0 aliphatic rings. The standard InChI is InChI=1S/C21H29N3O3S.HI/c1-15(2)27-19-9-6-17(7-10-19)13-23-21(22-4)24-14-18-8-11-20(16(3)12-18)28(5,25)26;/h6-12,15H,13-14H2,1-5H3,(H2,22,23,24);1H. The van der Waals surface area contributed by atoms with Crippen LogP contribution < -0.4 is 15.4 Å². The van der Waals surface area contributed by atoms with Gasteiger partial charge in [0.1, 0.15) is 5.75 Å². The Morgan fingerprint density at radius 2 is 1.59 bits per heavy atom. The molecular formula is C21H30IN3O3S. The van der Waals surface area contributed by atoms with Crippen LogP contribution in [0.4, 0.5) is 0 Å². The maximum absolute atomic E-state index is 11.7. The largest absolute Gasteiger partial charge is 0.491 e. The van der Waals surface area contributed by atoms with Crippen LogP contribution in [0.15, 0.2) is 52.4 Å². The Kier molecular flexibility index (Phi) is 9.91. The minimum absolute atomic E-state index is 0. The van der Waals surface area contributed by atoms with Crippen LogP contribution in [-0.4, -0.2) is 33.8 Å². The lowest BCUT2D eigenvalue weighted by Gasteiger charge is -2.14. The minimum Gasteiger partial charge on any atom is -0.491 e. The summed E-state index contributed by atoms with van der Waals surface area (Å²) >= 11 is 0. The topological polar surface area (TPSA) is 79.8 Å². The van der Waals surface area contributed by atoms with Crippen LogP contribution in [0.1, 0.15) is 30.5 Å². The Balaban J connectivity index is 0.00000420. The van der Waals surface area contributed by atoms with Crippen molar-refractivity contribution in [2.75, 3.05) is 13.3 Å². The predicted molar refractivity (Wildman–Crippen MR) is 129 cm³/mol. The molecule has 160 valence electrons. The third kappa shape index (κ3) is 8.22. The molecule has 6 nitrogen and oxygen atoms in total. The van der Waals surface area contributed by atoms with Gasteiger partial charge < -0.3 is 15.4 Å². The minimum atomic E-state index is -3.20. The second kappa shape index (κ2) is 11.4. The summed E-state index contributed by atoms with van der Waals surface area (Å²) in [6.07, 6.45) is 1.38. The molecule has 0 saturated carbocycles. The van der Waals surface area contributed by atoms with Gasteiger partial charge in [-0.3, -0.25) is 4.99 Å². The third-order valence-electron chi connectivity index (χ3n) is 4.08. The highest BCUT2D eigenvalue weighted by atomic mass is 127. The van der Waals surface area contributed by atoms with Gasteiger partial charge in [-0.25, -0.2) is 8.42 Å². The van der Waals surface area contributed by atoms with Crippen molar-refractivity contribution in [3.63, 3.8) is 0 Å². The zero-order chi connectivity index (χ0) is 20.7. The Hall–Kier alpha value is -1.81. The number of nitrogens with zero attached hydrogens (tertiary/aromatic N) is 1. The number of benzene rings is 2. The van der Waals surface area contributed by atoms with E-state index >= 15 is 0 Å². The third-order valence-corrected chi connectivity index (χ3v) is 5.33. The van der Waals surface area contributed by atoms with Gasteiger partial charge in [0.15, 0.2) is 15.8 Å². The lowest BCUT2D eigenvalue weighted by atomic mass is 10.1. The van der Waals surface area contributed by atoms with E-state index in [-0.39, 0.29) is 30.1 Å². The van der Waals surface area contributed by atoms with E-state index in [1.807, 2.05) is 50.2 Å². The normalized spacial score (nSPS) is 11.7. The van der Waals surface area contributed by atoms with Crippen LogP contribution in [0.2, 0.25) is 0 Å². The second-order valence-corrected chi connectivity index (χ2v) is 8.95. The van der Waals surface area contributed by atoms with E-state index in [1.54, 1.807) is 20.0 Å². The number of aryl methyl sites for hydroxylation is 1. The van der Waals surface area contributed by atoms with Crippen LogP contribution >= 0.6 is 24.0 Å². The first-order valence-corrected chi connectivity index (χ1v) is 11.1. The summed E-state index contributed by atoms with van der Waals surface area (Å²) in [5.74, 6) is 1.53. The van der Waals surface area contributed by atoms with Crippen molar-refractivity contribution in [1.29, 1.82) is 0 Å². The highest BCUT2D eigenvalue weighted by Crippen LogP contribution is 2.16. The van der Waals surface area contributed by atoms with Gasteiger partial charge in [-0.1, -0.05) is 24.3 Å². The van der Waals surface area contributed by atoms with Gasteiger partial charge in [-0.05, 0) is 55.7 Å².